The third-order valence-electron chi connectivity index (χ3n) is 2.63. The van der Waals surface area contributed by atoms with E-state index in [-0.39, 0.29) is 6.42 Å². The highest BCUT2D eigenvalue weighted by Crippen LogP contribution is 2.29. The second kappa shape index (κ2) is 7.07. The molecule has 0 spiro atoms. The molecule has 1 aromatic carbocycles. The number of ether oxygens (including phenoxy) is 1. The van der Waals surface area contributed by atoms with Gasteiger partial charge in [-0.3, -0.25) is 4.79 Å². The summed E-state index contributed by atoms with van der Waals surface area (Å²) in [6.45, 7) is 1.97. The summed E-state index contributed by atoms with van der Waals surface area (Å²) in [5, 5.41) is 9.21. The summed E-state index contributed by atoms with van der Waals surface area (Å²) < 4.78 is 5.27. The van der Waals surface area contributed by atoms with Gasteiger partial charge in [0.15, 0.2) is 0 Å². The number of benzene rings is 1. The van der Waals surface area contributed by atoms with Gasteiger partial charge < -0.3 is 9.84 Å². The molecule has 3 nitrogen and oxygen atoms in total. The standard InChI is InChI=1S/C14H17ClO3/c1-10(5-3-4-6-14(16)17)12-9-11(15)7-8-13(12)18-2/h5,7-9H,3-4,6H2,1-2H3,(H,16,17)/b10-5+. The highest BCUT2D eigenvalue weighted by Gasteiger charge is 2.05. The number of carboxylic acid groups (broad SMARTS) is 1. The number of hydrogen-bond acceptors (Lipinski definition) is 2. The van der Waals surface area contributed by atoms with Gasteiger partial charge in [0.25, 0.3) is 0 Å². The molecule has 1 rings (SSSR count). The molecule has 0 aliphatic heterocycles. The summed E-state index contributed by atoms with van der Waals surface area (Å²) >= 11 is 5.96. The van der Waals surface area contributed by atoms with E-state index < -0.39 is 5.97 Å². The number of methoxy groups -OCH3 is 1. The van der Waals surface area contributed by atoms with Crippen LogP contribution < -0.4 is 4.74 Å². The summed E-state index contributed by atoms with van der Waals surface area (Å²) in [6.07, 6.45) is 3.57. The first kappa shape index (κ1) is 14.6. The molecule has 0 heterocycles. The van der Waals surface area contributed by atoms with Crippen LogP contribution in [-0.2, 0) is 4.79 Å². The number of carboxylic acids is 1. The van der Waals surface area contributed by atoms with Crippen LogP contribution in [0.4, 0.5) is 0 Å². The minimum Gasteiger partial charge on any atom is -0.496 e. The lowest BCUT2D eigenvalue weighted by Gasteiger charge is -2.09. The maximum Gasteiger partial charge on any atom is 0.303 e. The fraction of sp³-hybridized carbons (Fsp3) is 0.357. The van der Waals surface area contributed by atoms with E-state index >= 15 is 0 Å². The quantitative estimate of drug-likeness (QED) is 0.793. The Morgan fingerprint density at radius 3 is 2.83 bits per heavy atom. The van der Waals surface area contributed by atoms with E-state index in [0.717, 1.165) is 23.3 Å². The molecule has 0 bridgehead atoms. The van der Waals surface area contributed by atoms with Gasteiger partial charge in [-0.15, -0.1) is 0 Å². The van der Waals surface area contributed by atoms with Crippen molar-refractivity contribution in [2.24, 2.45) is 0 Å². The van der Waals surface area contributed by atoms with Crippen LogP contribution in [0.15, 0.2) is 24.3 Å². The van der Waals surface area contributed by atoms with E-state index in [4.69, 9.17) is 21.4 Å². The predicted molar refractivity (Wildman–Crippen MR) is 73.1 cm³/mol. The Kier molecular flexibility index (Phi) is 5.72. The van der Waals surface area contributed by atoms with Gasteiger partial charge in [0.1, 0.15) is 5.75 Å². The Morgan fingerprint density at radius 2 is 2.22 bits per heavy atom. The molecule has 0 aliphatic rings. The van der Waals surface area contributed by atoms with Crippen molar-refractivity contribution in [2.75, 3.05) is 7.11 Å². The van der Waals surface area contributed by atoms with Crippen LogP contribution >= 0.6 is 11.6 Å². The van der Waals surface area contributed by atoms with Crippen LogP contribution in [-0.4, -0.2) is 18.2 Å². The van der Waals surface area contributed by atoms with Gasteiger partial charge >= 0.3 is 5.97 Å². The number of allylic oxidation sites excluding steroid dienone is 2. The lowest BCUT2D eigenvalue weighted by molar-refractivity contribution is -0.137. The van der Waals surface area contributed by atoms with Crippen LogP contribution in [0.5, 0.6) is 5.75 Å². The van der Waals surface area contributed by atoms with Crippen LogP contribution in [0.2, 0.25) is 5.02 Å². The normalized spacial score (nSPS) is 11.4. The maximum atomic E-state index is 10.4. The highest BCUT2D eigenvalue weighted by molar-refractivity contribution is 6.30. The number of halogens is 1. The Labute approximate surface area is 112 Å². The summed E-state index contributed by atoms with van der Waals surface area (Å²) in [6, 6.07) is 5.46. The maximum absolute atomic E-state index is 10.4. The Hall–Kier alpha value is -1.48. The van der Waals surface area contributed by atoms with E-state index in [1.807, 2.05) is 25.1 Å². The SMILES string of the molecule is COc1ccc(Cl)cc1/C(C)=C/CCCC(=O)O. The molecule has 1 aromatic rings. The number of rotatable bonds is 6. The fourth-order valence-electron chi connectivity index (χ4n) is 1.67. The summed E-state index contributed by atoms with van der Waals surface area (Å²) in [4.78, 5) is 10.4. The molecule has 0 amide bonds. The average molecular weight is 269 g/mol. The van der Waals surface area contributed by atoms with Crippen LogP contribution in [0.3, 0.4) is 0 Å². The first-order valence-corrected chi connectivity index (χ1v) is 6.15. The van der Waals surface area contributed by atoms with E-state index in [0.29, 0.717) is 11.4 Å². The monoisotopic (exact) mass is 268 g/mol. The van der Waals surface area contributed by atoms with E-state index in [2.05, 4.69) is 0 Å². The summed E-state index contributed by atoms with van der Waals surface area (Å²) in [5.41, 5.74) is 1.99. The number of unbranched alkanes of at least 4 members (excludes halogenated alkanes) is 1. The van der Waals surface area contributed by atoms with Crippen molar-refractivity contribution in [3.63, 3.8) is 0 Å². The van der Waals surface area contributed by atoms with Crippen molar-refractivity contribution in [2.45, 2.75) is 26.2 Å². The van der Waals surface area contributed by atoms with Crippen molar-refractivity contribution in [1.82, 2.24) is 0 Å². The minimum atomic E-state index is -0.763. The lowest BCUT2D eigenvalue weighted by atomic mass is 10.0. The Morgan fingerprint density at radius 1 is 1.50 bits per heavy atom. The molecule has 98 valence electrons. The first-order valence-electron chi connectivity index (χ1n) is 5.77. The van der Waals surface area contributed by atoms with Crippen molar-refractivity contribution in [3.8, 4) is 5.75 Å². The molecule has 0 aliphatic carbocycles. The molecule has 1 N–H and O–H groups in total. The first-order chi connectivity index (χ1) is 8.54. The summed E-state index contributed by atoms with van der Waals surface area (Å²) in [7, 11) is 1.62. The molecule has 0 atom stereocenters. The number of carbonyl (C=O) groups is 1. The topological polar surface area (TPSA) is 46.5 Å². The zero-order chi connectivity index (χ0) is 13.5. The number of aliphatic carboxylic acids is 1. The zero-order valence-corrected chi connectivity index (χ0v) is 11.3. The molecule has 0 saturated heterocycles. The van der Waals surface area contributed by atoms with Crippen molar-refractivity contribution < 1.29 is 14.6 Å². The van der Waals surface area contributed by atoms with Crippen LogP contribution in [0, 0.1) is 0 Å². The van der Waals surface area contributed by atoms with Crippen LogP contribution in [0.1, 0.15) is 31.7 Å². The zero-order valence-electron chi connectivity index (χ0n) is 10.6. The molecule has 4 heteroatoms. The molecular weight excluding hydrogens is 252 g/mol. The Bertz CT molecular complexity index is 452. The van der Waals surface area contributed by atoms with Gasteiger partial charge in [-0.05, 0) is 43.5 Å². The molecule has 0 aromatic heterocycles. The molecule has 0 fully saturated rings. The third-order valence-corrected chi connectivity index (χ3v) is 2.87. The van der Waals surface area contributed by atoms with E-state index in [9.17, 15) is 4.79 Å². The van der Waals surface area contributed by atoms with Crippen molar-refractivity contribution in [1.29, 1.82) is 0 Å². The van der Waals surface area contributed by atoms with Gasteiger partial charge in [-0.1, -0.05) is 17.7 Å². The van der Waals surface area contributed by atoms with Gasteiger partial charge in [0.2, 0.25) is 0 Å². The van der Waals surface area contributed by atoms with Crippen molar-refractivity contribution >= 4 is 23.1 Å². The highest BCUT2D eigenvalue weighted by atomic mass is 35.5. The van der Waals surface area contributed by atoms with Crippen LogP contribution in [0.25, 0.3) is 5.57 Å². The largest absolute Gasteiger partial charge is 0.496 e. The van der Waals surface area contributed by atoms with Gasteiger partial charge in [0, 0.05) is 17.0 Å². The fourth-order valence-corrected chi connectivity index (χ4v) is 1.84. The molecule has 0 saturated carbocycles. The second-order valence-electron chi connectivity index (χ2n) is 4.02. The minimum absolute atomic E-state index is 0.191. The van der Waals surface area contributed by atoms with Crippen molar-refractivity contribution in [3.05, 3.63) is 34.9 Å². The van der Waals surface area contributed by atoms with Gasteiger partial charge in [-0.2, -0.15) is 0 Å². The van der Waals surface area contributed by atoms with Gasteiger partial charge in [0.05, 0.1) is 7.11 Å². The smallest absolute Gasteiger partial charge is 0.303 e. The molecule has 0 radical (unpaired) electrons. The molecular formula is C14H17ClO3. The predicted octanol–water partition coefficient (Wildman–Crippen LogP) is 4.01. The summed E-state index contributed by atoms with van der Waals surface area (Å²) in [5.74, 6) is 0.00720. The molecule has 18 heavy (non-hydrogen) atoms. The van der Waals surface area contributed by atoms with E-state index in [1.165, 1.54) is 0 Å². The van der Waals surface area contributed by atoms with Gasteiger partial charge in [-0.25, -0.2) is 0 Å². The lowest BCUT2D eigenvalue weighted by Crippen LogP contribution is -1.93. The average Bonchev–Trinajstić information content (AvgIpc) is 2.34. The Balaban J connectivity index is 2.75. The number of hydrogen-bond donors (Lipinski definition) is 1. The van der Waals surface area contributed by atoms with E-state index in [1.54, 1.807) is 13.2 Å². The third kappa shape index (κ3) is 4.41. The molecule has 0 unspecified atom stereocenters. The second-order valence-corrected chi connectivity index (χ2v) is 4.45.